The second kappa shape index (κ2) is 7.00. The van der Waals surface area contributed by atoms with Crippen molar-refractivity contribution in [2.24, 2.45) is 5.92 Å². The van der Waals surface area contributed by atoms with Gasteiger partial charge >= 0.3 is 5.97 Å². The molecule has 5 nitrogen and oxygen atoms in total. The summed E-state index contributed by atoms with van der Waals surface area (Å²) in [5, 5.41) is 3.57. The molecule has 3 rings (SSSR count). The number of nitrogens with zero attached hydrogens (tertiary/aromatic N) is 1. The van der Waals surface area contributed by atoms with Gasteiger partial charge in [0.15, 0.2) is 0 Å². The highest BCUT2D eigenvalue weighted by Gasteiger charge is 2.29. The predicted octanol–water partition coefficient (Wildman–Crippen LogP) is 2.92. The SMILES string of the molecule is CS(=O)(=O)N1CCC(COC(=O)Cc2csc3ccc(Cl)cc23)C1. The van der Waals surface area contributed by atoms with Gasteiger partial charge in [-0.3, -0.25) is 4.79 Å². The maximum Gasteiger partial charge on any atom is 0.310 e. The summed E-state index contributed by atoms with van der Waals surface area (Å²) < 4.78 is 30.8. The number of ether oxygens (including phenoxy) is 1. The number of carbonyl (C=O) groups excluding carboxylic acids is 1. The van der Waals surface area contributed by atoms with E-state index in [9.17, 15) is 13.2 Å². The smallest absolute Gasteiger partial charge is 0.310 e. The number of halogens is 1. The molecule has 0 radical (unpaired) electrons. The molecule has 0 aliphatic carbocycles. The van der Waals surface area contributed by atoms with Crippen molar-refractivity contribution < 1.29 is 17.9 Å². The largest absolute Gasteiger partial charge is 0.465 e. The molecule has 0 bridgehead atoms. The highest BCUT2D eigenvalue weighted by atomic mass is 35.5. The Morgan fingerprint density at radius 2 is 2.25 bits per heavy atom. The molecule has 1 aliphatic heterocycles. The zero-order valence-electron chi connectivity index (χ0n) is 13.2. The van der Waals surface area contributed by atoms with Gasteiger partial charge in [0.05, 0.1) is 19.3 Å². The topological polar surface area (TPSA) is 63.7 Å². The van der Waals surface area contributed by atoms with Gasteiger partial charge < -0.3 is 4.74 Å². The van der Waals surface area contributed by atoms with Crippen molar-refractivity contribution in [3.8, 4) is 0 Å². The summed E-state index contributed by atoms with van der Waals surface area (Å²) in [6, 6.07) is 5.63. The predicted molar refractivity (Wildman–Crippen MR) is 96.0 cm³/mol. The Morgan fingerprint density at radius 3 is 2.96 bits per heavy atom. The van der Waals surface area contributed by atoms with Crippen LogP contribution in [0, 0.1) is 5.92 Å². The van der Waals surface area contributed by atoms with E-state index in [-0.39, 0.29) is 24.9 Å². The number of sulfonamides is 1. The van der Waals surface area contributed by atoms with Crippen LogP contribution in [0.1, 0.15) is 12.0 Å². The molecule has 0 N–H and O–H groups in total. The van der Waals surface area contributed by atoms with E-state index in [1.165, 1.54) is 10.6 Å². The quantitative estimate of drug-likeness (QED) is 0.740. The van der Waals surface area contributed by atoms with Crippen LogP contribution in [0.15, 0.2) is 23.6 Å². The summed E-state index contributed by atoms with van der Waals surface area (Å²) in [6.07, 6.45) is 2.12. The highest BCUT2D eigenvalue weighted by molar-refractivity contribution is 7.88. The van der Waals surface area contributed by atoms with Gasteiger partial charge in [0.1, 0.15) is 0 Å². The van der Waals surface area contributed by atoms with E-state index in [1.807, 2.05) is 23.6 Å². The second-order valence-corrected chi connectivity index (χ2v) is 9.37. The van der Waals surface area contributed by atoms with Crippen molar-refractivity contribution in [2.45, 2.75) is 12.8 Å². The lowest BCUT2D eigenvalue weighted by Gasteiger charge is -2.13. The number of hydrogen-bond donors (Lipinski definition) is 0. The fourth-order valence-electron chi connectivity index (χ4n) is 2.84. The first-order chi connectivity index (χ1) is 11.3. The summed E-state index contributed by atoms with van der Waals surface area (Å²) in [4.78, 5) is 12.1. The Morgan fingerprint density at radius 1 is 1.46 bits per heavy atom. The Bertz CT molecular complexity index is 862. The lowest BCUT2D eigenvalue weighted by Crippen LogP contribution is -2.28. The van der Waals surface area contributed by atoms with Crippen LogP contribution < -0.4 is 0 Å². The first kappa shape index (κ1) is 17.7. The summed E-state index contributed by atoms with van der Waals surface area (Å²) in [6.45, 7) is 1.17. The van der Waals surface area contributed by atoms with Crippen molar-refractivity contribution in [2.75, 3.05) is 26.0 Å². The Hall–Kier alpha value is -1.15. The number of carbonyl (C=O) groups is 1. The molecule has 0 saturated carbocycles. The molecule has 2 heterocycles. The molecule has 1 unspecified atom stereocenters. The fraction of sp³-hybridized carbons (Fsp3) is 0.438. The fourth-order valence-corrected chi connectivity index (χ4v) is 4.88. The first-order valence-corrected chi connectivity index (χ1v) is 10.7. The van der Waals surface area contributed by atoms with E-state index in [0.29, 0.717) is 18.1 Å². The molecule has 2 aromatic rings. The van der Waals surface area contributed by atoms with E-state index in [2.05, 4.69) is 0 Å². The number of esters is 1. The van der Waals surface area contributed by atoms with Gasteiger partial charge in [-0.2, -0.15) is 0 Å². The van der Waals surface area contributed by atoms with Gasteiger partial charge in [-0.25, -0.2) is 12.7 Å². The summed E-state index contributed by atoms with van der Waals surface area (Å²) in [5.41, 5.74) is 0.909. The molecule has 0 amide bonds. The minimum Gasteiger partial charge on any atom is -0.465 e. The van der Waals surface area contributed by atoms with Crippen LogP contribution in [-0.4, -0.2) is 44.6 Å². The number of thiophene rings is 1. The van der Waals surface area contributed by atoms with Crippen LogP contribution in [0.2, 0.25) is 5.02 Å². The molecule has 1 fully saturated rings. The van der Waals surface area contributed by atoms with E-state index < -0.39 is 10.0 Å². The molecule has 24 heavy (non-hydrogen) atoms. The van der Waals surface area contributed by atoms with Crippen molar-refractivity contribution in [1.82, 2.24) is 4.31 Å². The third-order valence-electron chi connectivity index (χ3n) is 4.15. The van der Waals surface area contributed by atoms with Crippen LogP contribution in [0.4, 0.5) is 0 Å². The normalized spacial score (nSPS) is 19.0. The minimum absolute atomic E-state index is 0.0670. The number of fused-ring (bicyclic) bond motifs is 1. The molecular weight excluding hydrogens is 370 g/mol. The van der Waals surface area contributed by atoms with Gasteiger partial charge in [0.2, 0.25) is 10.0 Å². The molecular formula is C16H18ClNO4S2. The van der Waals surface area contributed by atoms with Gasteiger partial charge in [-0.1, -0.05) is 11.6 Å². The van der Waals surface area contributed by atoms with Crippen molar-refractivity contribution >= 4 is 49.0 Å². The summed E-state index contributed by atoms with van der Waals surface area (Å²) >= 11 is 7.59. The number of hydrogen-bond acceptors (Lipinski definition) is 5. The molecule has 1 aromatic heterocycles. The third kappa shape index (κ3) is 4.08. The van der Waals surface area contributed by atoms with E-state index in [1.54, 1.807) is 11.3 Å². The van der Waals surface area contributed by atoms with Crippen molar-refractivity contribution in [3.05, 3.63) is 34.2 Å². The standard InChI is InChI=1S/C16H18ClNO4S2/c1-24(20,21)18-5-4-11(8-18)9-22-16(19)6-12-10-23-15-3-2-13(17)7-14(12)15/h2-3,7,10-11H,4-6,8-9H2,1H3. The molecule has 1 atom stereocenters. The zero-order chi connectivity index (χ0) is 17.3. The van der Waals surface area contributed by atoms with Gasteiger partial charge in [0.25, 0.3) is 0 Å². The molecule has 1 aliphatic rings. The number of benzene rings is 1. The highest BCUT2D eigenvalue weighted by Crippen LogP contribution is 2.29. The number of rotatable bonds is 5. The maximum absolute atomic E-state index is 12.1. The van der Waals surface area contributed by atoms with Gasteiger partial charge in [-0.15, -0.1) is 11.3 Å². The minimum atomic E-state index is -3.16. The summed E-state index contributed by atoms with van der Waals surface area (Å²) in [7, 11) is -3.16. The van der Waals surface area contributed by atoms with Crippen LogP contribution >= 0.6 is 22.9 Å². The average molecular weight is 388 g/mol. The summed E-state index contributed by atoms with van der Waals surface area (Å²) in [5.74, 6) is -0.232. The van der Waals surface area contributed by atoms with E-state index in [4.69, 9.17) is 16.3 Å². The van der Waals surface area contributed by atoms with Crippen LogP contribution in [0.5, 0.6) is 0 Å². The maximum atomic E-state index is 12.1. The van der Waals surface area contributed by atoms with E-state index in [0.717, 1.165) is 22.1 Å². The van der Waals surface area contributed by atoms with Crippen LogP contribution in [-0.2, 0) is 26.0 Å². The zero-order valence-corrected chi connectivity index (χ0v) is 15.6. The molecule has 130 valence electrons. The molecule has 1 saturated heterocycles. The van der Waals surface area contributed by atoms with Crippen LogP contribution in [0.25, 0.3) is 10.1 Å². The van der Waals surface area contributed by atoms with Crippen molar-refractivity contribution in [1.29, 1.82) is 0 Å². The Labute approximate surface area is 150 Å². The molecule has 8 heteroatoms. The lowest BCUT2D eigenvalue weighted by atomic mass is 10.1. The van der Waals surface area contributed by atoms with Crippen LogP contribution in [0.3, 0.4) is 0 Å². The monoisotopic (exact) mass is 387 g/mol. The molecule has 0 spiro atoms. The van der Waals surface area contributed by atoms with Gasteiger partial charge in [-0.05, 0) is 40.9 Å². The van der Waals surface area contributed by atoms with Crippen molar-refractivity contribution in [3.63, 3.8) is 0 Å². The van der Waals surface area contributed by atoms with Gasteiger partial charge in [0, 0.05) is 28.7 Å². The first-order valence-electron chi connectivity index (χ1n) is 7.59. The lowest BCUT2D eigenvalue weighted by molar-refractivity contribution is -0.144. The Kier molecular flexibility index (Phi) is 5.15. The Balaban J connectivity index is 1.55. The van der Waals surface area contributed by atoms with E-state index >= 15 is 0 Å². The average Bonchev–Trinajstić information content (AvgIpc) is 3.12. The second-order valence-electron chi connectivity index (χ2n) is 6.04. The third-order valence-corrected chi connectivity index (χ3v) is 6.67. The molecule has 1 aromatic carbocycles.